The lowest BCUT2D eigenvalue weighted by Crippen LogP contribution is -3.12. The molecule has 1 aromatic heterocycles. The van der Waals surface area contributed by atoms with Crippen molar-refractivity contribution in [2.75, 3.05) is 56.3 Å². The number of ether oxygens (including phenoxy) is 1. The van der Waals surface area contributed by atoms with E-state index in [1.54, 1.807) is 12.0 Å². The molecule has 0 atom stereocenters. The number of piperazine rings is 1. The van der Waals surface area contributed by atoms with Gasteiger partial charge in [0.05, 0.1) is 46.1 Å². The summed E-state index contributed by atoms with van der Waals surface area (Å²) in [5, 5.41) is 3.52. The average Bonchev–Trinajstić information content (AvgIpc) is 2.67. The number of hydrogen-bond donors (Lipinski definition) is 2. The number of hydrogen-bond acceptors (Lipinski definition) is 6. The van der Waals surface area contributed by atoms with Crippen LogP contribution in [0.1, 0.15) is 5.69 Å². The van der Waals surface area contributed by atoms with Crippen LogP contribution in [0.15, 0.2) is 35.5 Å². The molecule has 144 valence electrons. The minimum atomic E-state index is -0.0833. The van der Waals surface area contributed by atoms with E-state index in [9.17, 15) is 4.79 Å². The quantitative estimate of drug-likeness (QED) is 0.565. The summed E-state index contributed by atoms with van der Waals surface area (Å²) in [5.41, 5.74) is 1.66. The van der Waals surface area contributed by atoms with Gasteiger partial charge >= 0.3 is 0 Å². The highest BCUT2D eigenvalue weighted by Crippen LogP contribution is 2.20. The fraction of sp³-hybridized carbons (Fsp3) is 0.421. The van der Waals surface area contributed by atoms with Crippen LogP contribution < -0.4 is 19.9 Å². The van der Waals surface area contributed by atoms with E-state index in [1.807, 2.05) is 37.3 Å². The third-order valence-corrected chi connectivity index (χ3v) is 5.31. The van der Waals surface area contributed by atoms with Gasteiger partial charge in [0.1, 0.15) is 11.6 Å². The van der Waals surface area contributed by atoms with E-state index in [2.05, 4.69) is 27.2 Å². The van der Waals surface area contributed by atoms with E-state index in [4.69, 9.17) is 4.74 Å². The summed E-state index contributed by atoms with van der Waals surface area (Å²) in [4.78, 5) is 25.2. The first-order valence-electron chi connectivity index (χ1n) is 9.02. The maximum Gasteiger partial charge on any atom is 0.234 e. The monoisotopic (exact) mass is 388 g/mol. The Labute approximate surface area is 164 Å². The van der Waals surface area contributed by atoms with Gasteiger partial charge in [-0.15, -0.1) is 0 Å². The molecule has 0 unspecified atom stereocenters. The molecule has 1 fully saturated rings. The summed E-state index contributed by atoms with van der Waals surface area (Å²) in [7, 11) is 3.83. The number of rotatable bonds is 6. The lowest BCUT2D eigenvalue weighted by molar-refractivity contribution is -0.880. The number of carbonyl (C=O) groups excluding carboxylic acids is 1. The zero-order valence-electron chi connectivity index (χ0n) is 16.0. The molecule has 0 saturated carbocycles. The predicted molar refractivity (Wildman–Crippen MR) is 108 cm³/mol. The molecule has 3 rings (SSSR count). The summed E-state index contributed by atoms with van der Waals surface area (Å²) in [6, 6.07) is 9.28. The molecule has 0 aliphatic carbocycles. The van der Waals surface area contributed by atoms with Crippen LogP contribution in [-0.2, 0) is 4.79 Å². The van der Waals surface area contributed by atoms with Gasteiger partial charge in [0.25, 0.3) is 0 Å². The van der Waals surface area contributed by atoms with E-state index in [0.29, 0.717) is 5.16 Å². The molecule has 1 saturated heterocycles. The number of benzene rings is 1. The molecular formula is C19H26N5O2S+. The smallest absolute Gasteiger partial charge is 0.234 e. The summed E-state index contributed by atoms with van der Waals surface area (Å²) in [6.07, 6.45) is 0. The van der Waals surface area contributed by atoms with Crippen LogP contribution in [0, 0.1) is 6.92 Å². The number of amides is 1. The number of likely N-dealkylation sites (N-methyl/N-ethyl adjacent to an activating group) is 1. The Hall–Kier alpha value is -2.32. The number of thioether (sulfide) groups is 1. The number of aryl methyl sites for hydroxylation is 1. The topological polar surface area (TPSA) is 71.8 Å². The standard InChI is InChI=1S/C19H25N5O2S/c1-14-12-17(24-10-8-23(2)9-11-24)22-19(20-14)27-13-18(25)21-15-4-6-16(26-3)7-5-15/h4-7,12H,8-11,13H2,1-3H3,(H,21,25)/p+1. The molecule has 2 heterocycles. The number of nitrogens with zero attached hydrogens (tertiary/aromatic N) is 3. The van der Waals surface area contributed by atoms with E-state index >= 15 is 0 Å². The first-order chi connectivity index (χ1) is 13.0. The van der Waals surface area contributed by atoms with Crippen molar-refractivity contribution >= 4 is 29.2 Å². The lowest BCUT2D eigenvalue weighted by atomic mass is 10.3. The second-order valence-electron chi connectivity index (χ2n) is 6.66. The molecule has 0 radical (unpaired) electrons. The number of carbonyl (C=O) groups is 1. The number of nitrogens with one attached hydrogen (secondary N) is 2. The van der Waals surface area contributed by atoms with Crippen molar-refractivity contribution in [3.63, 3.8) is 0 Å². The van der Waals surface area contributed by atoms with Gasteiger partial charge in [0, 0.05) is 17.4 Å². The molecule has 0 bridgehead atoms. The zero-order valence-corrected chi connectivity index (χ0v) is 16.8. The molecular weight excluding hydrogens is 362 g/mol. The molecule has 0 spiro atoms. The van der Waals surface area contributed by atoms with E-state index in [-0.39, 0.29) is 11.7 Å². The van der Waals surface area contributed by atoms with Crippen molar-refractivity contribution in [1.29, 1.82) is 0 Å². The second kappa shape index (κ2) is 9.05. The SMILES string of the molecule is COc1ccc(NC(=O)CSc2nc(C)cc(N3CC[NH+](C)CC3)n2)cc1. The van der Waals surface area contributed by atoms with E-state index in [1.165, 1.54) is 11.8 Å². The van der Waals surface area contributed by atoms with Crippen LogP contribution in [-0.4, -0.2) is 62.0 Å². The zero-order chi connectivity index (χ0) is 19.2. The highest BCUT2D eigenvalue weighted by atomic mass is 32.2. The van der Waals surface area contributed by atoms with Gasteiger partial charge < -0.3 is 19.9 Å². The first kappa shape index (κ1) is 19.4. The molecule has 1 aliphatic heterocycles. The third-order valence-electron chi connectivity index (χ3n) is 4.47. The van der Waals surface area contributed by atoms with Gasteiger partial charge in [-0.3, -0.25) is 4.79 Å². The number of quaternary nitrogens is 1. The summed E-state index contributed by atoms with van der Waals surface area (Å²) in [5.74, 6) is 1.89. The van der Waals surface area contributed by atoms with Crippen LogP contribution in [0.5, 0.6) is 5.75 Å². The fourth-order valence-corrected chi connectivity index (χ4v) is 3.57. The van der Waals surface area contributed by atoms with Crippen LogP contribution in [0.4, 0.5) is 11.5 Å². The average molecular weight is 389 g/mol. The first-order valence-corrected chi connectivity index (χ1v) is 10.0. The van der Waals surface area contributed by atoms with Crippen molar-refractivity contribution in [3.05, 3.63) is 36.0 Å². The van der Waals surface area contributed by atoms with E-state index < -0.39 is 0 Å². The Kier molecular flexibility index (Phi) is 6.52. The lowest BCUT2D eigenvalue weighted by Gasteiger charge is -2.31. The molecule has 2 aromatic rings. The molecule has 27 heavy (non-hydrogen) atoms. The van der Waals surface area contributed by atoms with Gasteiger partial charge in [-0.25, -0.2) is 9.97 Å². The van der Waals surface area contributed by atoms with Crippen LogP contribution in [0.3, 0.4) is 0 Å². The van der Waals surface area contributed by atoms with Gasteiger partial charge in [0.2, 0.25) is 5.91 Å². The maximum atomic E-state index is 12.2. The van der Waals surface area contributed by atoms with Crippen LogP contribution in [0.25, 0.3) is 0 Å². The van der Waals surface area contributed by atoms with E-state index in [0.717, 1.165) is 49.1 Å². The van der Waals surface area contributed by atoms with Crippen molar-refractivity contribution in [2.24, 2.45) is 0 Å². The van der Waals surface area contributed by atoms with Gasteiger partial charge in [-0.2, -0.15) is 0 Å². The number of methoxy groups -OCH3 is 1. The number of aromatic nitrogens is 2. The largest absolute Gasteiger partial charge is 0.497 e. The highest BCUT2D eigenvalue weighted by Gasteiger charge is 2.19. The molecule has 1 amide bonds. The van der Waals surface area contributed by atoms with Gasteiger partial charge in [-0.05, 0) is 31.2 Å². The normalized spacial score (nSPS) is 14.9. The third kappa shape index (κ3) is 5.58. The van der Waals surface area contributed by atoms with Crippen molar-refractivity contribution in [2.45, 2.75) is 12.1 Å². The minimum absolute atomic E-state index is 0.0833. The summed E-state index contributed by atoms with van der Waals surface area (Å²) in [6.45, 7) is 6.16. The predicted octanol–water partition coefficient (Wildman–Crippen LogP) is 0.859. The molecule has 2 N–H and O–H groups in total. The Balaban J connectivity index is 1.57. The summed E-state index contributed by atoms with van der Waals surface area (Å²) < 4.78 is 5.12. The second-order valence-corrected chi connectivity index (χ2v) is 7.60. The molecule has 7 nitrogen and oxygen atoms in total. The maximum absolute atomic E-state index is 12.2. The minimum Gasteiger partial charge on any atom is -0.497 e. The van der Waals surface area contributed by atoms with Crippen LogP contribution in [0.2, 0.25) is 0 Å². The van der Waals surface area contributed by atoms with Crippen molar-refractivity contribution in [3.8, 4) is 5.75 Å². The Morgan fingerprint density at radius 3 is 2.63 bits per heavy atom. The van der Waals surface area contributed by atoms with Crippen LogP contribution >= 0.6 is 11.8 Å². The molecule has 1 aromatic carbocycles. The van der Waals surface area contributed by atoms with Gasteiger partial charge in [-0.1, -0.05) is 11.8 Å². The Morgan fingerprint density at radius 2 is 1.96 bits per heavy atom. The van der Waals surface area contributed by atoms with Crippen molar-refractivity contribution in [1.82, 2.24) is 9.97 Å². The highest BCUT2D eigenvalue weighted by molar-refractivity contribution is 7.99. The Bertz CT molecular complexity index is 776. The summed E-state index contributed by atoms with van der Waals surface area (Å²) >= 11 is 1.36. The molecule has 8 heteroatoms. The van der Waals surface area contributed by atoms with Crippen molar-refractivity contribution < 1.29 is 14.4 Å². The Morgan fingerprint density at radius 1 is 1.26 bits per heavy atom. The van der Waals surface area contributed by atoms with Gasteiger partial charge in [0.15, 0.2) is 5.16 Å². The molecule has 1 aliphatic rings. The fourth-order valence-electron chi connectivity index (χ4n) is 2.87. The number of anilines is 2.